The molecule has 0 saturated heterocycles. The van der Waals surface area contributed by atoms with E-state index in [1.807, 2.05) is 43.3 Å². The van der Waals surface area contributed by atoms with Crippen LogP contribution in [0.4, 0.5) is 0 Å². The lowest BCUT2D eigenvalue weighted by atomic mass is 10.0. The topological polar surface area (TPSA) is 30.0 Å². The molecule has 1 heterocycles. The molecule has 0 saturated carbocycles. The van der Waals surface area contributed by atoms with E-state index < -0.39 is 0 Å². The number of carbonyl (C=O) groups excluding carboxylic acids is 1. The van der Waals surface area contributed by atoms with Gasteiger partial charge in [-0.05, 0) is 18.6 Å². The van der Waals surface area contributed by atoms with E-state index in [1.54, 1.807) is 13.1 Å². The molecular formula is C14H13NO. The molecule has 0 fully saturated rings. The van der Waals surface area contributed by atoms with Gasteiger partial charge < -0.3 is 0 Å². The molecule has 2 rings (SSSR count). The molecule has 2 aromatic rings. The van der Waals surface area contributed by atoms with E-state index >= 15 is 0 Å². The number of aryl methyl sites for hydroxylation is 1. The summed E-state index contributed by atoms with van der Waals surface area (Å²) in [5.41, 5.74) is 3.67. The van der Waals surface area contributed by atoms with Crippen LogP contribution in [0.3, 0.4) is 0 Å². The standard InChI is InChI=1S/C14H13NO/c1-10-5-7-12(8-6-10)13-4-3-9-15-14(13)11(2)16/h3-9H,1-2H3. The van der Waals surface area contributed by atoms with Gasteiger partial charge in [0, 0.05) is 18.7 Å². The van der Waals surface area contributed by atoms with Gasteiger partial charge in [-0.1, -0.05) is 35.9 Å². The average molecular weight is 211 g/mol. The average Bonchev–Trinajstić information content (AvgIpc) is 2.30. The number of nitrogens with zero attached hydrogens (tertiary/aromatic N) is 1. The van der Waals surface area contributed by atoms with E-state index in [0.717, 1.165) is 11.1 Å². The van der Waals surface area contributed by atoms with Crippen molar-refractivity contribution in [2.45, 2.75) is 13.8 Å². The third kappa shape index (κ3) is 2.01. The normalized spacial score (nSPS) is 10.1. The van der Waals surface area contributed by atoms with E-state index in [2.05, 4.69) is 4.98 Å². The van der Waals surface area contributed by atoms with Crippen molar-refractivity contribution in [1.29, 1.82) is 0 Å². The van der Waals surface area contributed by atoms with Crippen LogP contribution in [-0.4, -0.2) is 10.8 Å². The molecular weight excluding hydrogens is 198 g/mol. The van der Waals surface area contributed by atoms with E-state index in [1.165, 1.54) is 5.56 Å². The summed E-state index contributed by atoms with van der Waals surface area (Å²) in [5.74, 6) is -0.00354. The molecule has 2 nitrogen and oxygen atoms in total. The molecule has 0 atom stereocenters. The summed E-state index contributed by atoms with van der Waals surface area (Å²) >= 11 is 0. The maximum Gasteiger partial charge on any atom is 0.178 e. The maximum absolute atomic E-state index is 11.4. The molecule has 0 N–H and O–H groups in total. The fraction of sp³-hybridized carbons (Fsp3) is 0.143. The SMILES string of the molecule is CC(=O)c1ncccc1-c1ccc(C)cc1. The summed E-state index contributed by atoms with van der Waals surface area (Å²) in [6.45, 7) is 3.58. The lowest BCUT2D eigenvalue weighted by Crippen LogP contribution is -1.99. The second kappa shape index (κ2) is 4.27. The van der Waals surface area contributed by atoms with Crippen molar-refractivity contribution in [2.75, 3.05) is 0 Å². The minimum Gasteiger partial charge on any atom is -0.293 e. The molecule has 2 heteroatoms. The molecule has 0 aliphatic heterocycles. The Kier molecular flexibility index (Phi) is 2.82. The number of rotatable bonds is 2. The fourth-order valence-electron chi connectivity index (χ4n) is 1.65. The first-order chi connectivity index (χ1) is 7.68. The van der Waals surface area contributed by atoms with Gasteiger partial charge in [0.1, 0.15) is 5.69 Å². The van der Waals surface area contributed by atoms with Crippen LogP contribution in [-0.2, 0) is 0 Å². The highest BCUT2D eigenvalue weighted by atomic mass is 16.1. The second-order valence-electron chi connectivity index (χ2n) is 3.82. The molecule has 1 aromatic carbocycles. The molecule has 80 valence electrons. The molecule has 0 radical (unpaired) electrons. The van der Waals surface area contributed by atoms with Crippen molar-refractivity contribution < 1.29 is 4.79 Å². The lowest BCUT2D eigenvalue weighted by molar-refractivity contribution is 0.101. The van der Waals surface area contributed by atoms with Gasteiger partial charge in [0.2, 0.25) is 0 Å². The summed E-state index contributed by atoms with van der Waals surface area (Å²) in [6, 6.07) is 11.9. The van der Waals surface area contributed by atoms with Gasteiger partial charge in [-0.25, -0.2) is 0 Å². The number of benzene rings is 1. The third-order valence-electron chi connectivity index (χ3n) is 2.50. The minimum atomic E-state index is -0.00354. The smallest absolute Gasteiger partial charge is 0.178 e. The van der Waals surface area contributed by atoms with Crippen LogP contribution >= 0.6 is 0 Å². The van der Waals surface area contributed by atoms with Crippen LogP contribution in [0.1, 0.15) is 23.0 Å². The molecule has 0 aliphatic rings. The highest BCUT2D eigenvalue weighted by Crippen LogP contribution is 2.22. The highest BCUT2D eigenvalue weighted by molar-refractivity contribution is 5.98. The summed E-state index contributed by atoms with van der Waals surface area (Å²) in [5, 5.41) is 0. The van der Waals surface area contributed by atoms with Crippen LogP contribution in [0.2, 0.25) is 0 Å². The largest absolute Gasteiger partial charge is 0.293 e. The van der Waals surface area contributed by atoms with Crippen molar-refractivity contribution in [3.8, 4) is 11.1 Å². The van der Waals surface area contributed by atoms with Gasteiger partial charge >= 0.3 is 0 Å². The van der Waals surface area contributed by atoms with Crippen molar-refractivity contribution >= 4 is 5.78 Å². The van der Waals surface area contributed by atoms with Crippen LogP contribution in [0, 0.1) is 6.92 Å². The van der Waals surface area contributed by atoms with Gasteiger partial charge in [-0.3, -0.25) is 9.78 Å². The first kappa shape index (κ1) is 10.6. The molecule has 0 unspecified atom stereocenters. The van der Waals surface area contributed by atoms with Crippen molar-refractivity contribution in [2.24, 2.45) is 0 Å². The quantitative estimate of drug-likeness (QED) is 0.714. The van der Waals surface area contributed by atoms with Crippen LogP contribution in [0.15, 0.2) is 42.6 Å². The molecule has 1 aromatic heterocycles. The van der Waals surface area contributed by atoms with E-state index in [0.29, 0.717) is 5.69 Å². The van der Waals surface area contributed by atoms with Gasteiger partial charge in [0.05, 0.1) is 0 Å². The van der Waals surface area contributed by atoms with Crippen LogP contribution in [0.5, 0.6) is 0 Å². The van der Waals surface area contributed by atoms with E-state index in [-0.39, 0.29) is 5.78 Å². The fourth-order valence-corrected chi connectivity index (χ4v) is 1.65. The molecule has 0 aliphatic carbocycles. The zero-order chi connectivity index (χ0) is 11.5. The van der Waals surface area contributed by atoms with Gasteiger partial charge in [0.15, 0.2) is 5.78 Å². The predicted molar refractivity (Wildman–Crippen MR) is 64.4 cm³/mol. The second-order valence-corrected chi connectivity index (χ2v) is 3.82. The molecule has 0 bridgehead atoms. The van der Waals surface area contributed by atoms with Crippen LogP contribution in [0.25, 0.3) is 11.1 Å². The molecule has 16 heavy (non-hydrogen) atoms. The summed E-state index contributed by atoms with van der Waals surface area (Å²) < 4.78 is 0. The Morgan fingerprint density at radius 2 is 1.81 bits per heavy atom. The Labute approximate surface area is 95.0 Å². The Hall–Kier alpha value is -1.96. The van der Waals surface area contributed by atoms with Crippen LogP contribution < -0.4 is 0 Å². The van der Waals surface area contributed by atoms with Crippen molar-refractivity contribution in [1.82, 2.24) is 4.98 Å². The summed E-state index contributed by atoms with van der Waals surface area (Å²) in [6.07, 6.45) is 1.65. The van der Waals surface area contributed by atoms with E-state index in [9.17, 15) is 4.79 Å². The Morgan fingerprint density at radius 3 is 2.44 bits per heavy atom. The lowest BCUT2D eigenvalue weighted by Gasteiger charge is -2.05. The number of hydrogen-bond donors (Lipinski definition) is 0. The number of carbonyl (C=O) groups is 1. The Morgan fingerprint density at radius 1 is 1.12 bits per heavy atom. The molecule has 0 amide bonds. The summed E-state index contributed by atoms with van der Waals surface area (Å²) in [4.78, 5) is 15.6. The number of aromatic nitrogens is 1. The van der Waals surface area contributed by atoms with Crippen molar-refractivity contribution in [3.63, 3.8) is 0 Å². The minimum absolute atomic E-state index is 0.00354. The van der Waals surface area contributed by atoms with Crippen molar-refractivity contribution in [3.05, 3.63) is 53.9 Å². The summed E-state index contributed by atoms with van der Waals surface area (Å²) in [7, 11) is 0. The van der Waals surface area contributed by atoms with Gasteiger partial charge in [-0.2, -0.15) is 0 Å². The third-order valence-corrected chi connectivity index (χ3v) is 2.50. The number of Topliss-reactive ketones (excluding diaryl/α,β-unsaturated/α-hetero) is 1. The first-order valence-corrected chi connectivity index (χ1v) is 5.21. The first-order valence-electron chi connectivity index (χ1n) is 5.21. The molecule has 0 spiro atoms. The highest BCUT2D eigenvalue weighted by Gasteiger charge is 2.09. The monoisotopic (exact) mass is 211 g/mol. The maximum atomic E-state index is 11.4. The number of pyridine rings is 1. The Balaban J connectivity index is 2.55. The van der Waals surface area contributed by atoms with Gasteiger partial charge in [-0.15, -0.1) is 0 Å². The van der Waals surface area contributed by atoms with E-state index in [4.69, 9.17) is 0 Å². The zero-order valence-electron chi connectivity index (χ0n) is 9.40. The Bertz CT molecular complexity index is 515. The number of hydrogen-bond acceptors (Lipinski definition) is 2. The predicted octanol–water partition coefficient (Wildman–Crippen LogP) is 3.26. The zero-order valence-corrected chi connectivity index (χ0v) is 9.40. The van der Waals surface area contributed by atoms with Gasteiger partial charge in [0.25, 0.3) is 0 Å². The number of ketones is 1.